The van der Waals surface area contributed by atoms with Crippen molar-refractivity contribution in [2.45, 2.75) is 18.9 Å². The largest absolute Gasteiger partial charge is 0.380 e. The molecule has 2 aromatic heterocycles. The maximum Gasteiger partial charge on any atom is 0.137 e. The van der Waals surface area contributed by atoms with Gasteiger partial charge in [-0.15, -0.1) is 0 Å². The molecule has 1 aromatic carbocycles. The van der Waals surface area contributed by atoms with E-state index in [0.717, 1.165) is 62.4 Å². The summed E-state index contributed by atoms with van der Waals surface area (Å²) in [4.78, 5) is 6.92. The zero-order valence-corrected chi connectivity index (χ0v) is 14.9. The highest BCUT2D eigenvalue weighted by atomic mass is 16.5. The van der Waals surface area contributed by atoms with E-state index in [4.69, 9.17) is 4.74 Å². The van der Waals surface area contributed by atoms with Crippen LogP contribution in [0.2, 0.25) is 0 Å². The Labute approximate surface area is 153 Å². The second kappa shape index (κ2) is 8.29. The van der Waals surface area contributed by atoms with Crippen LogP contribution in [0.4, 0.5) is 5.82 Å². The second-order valence-electron chi connectivity index (χ2n) is 6.77. The minimum atomic E-state index is 0.423. The van der Waals surface area contributed by atoms with E-state index in [1.54, 1.807) is 0 Å². The number of likely N-dealkylation sites (tertiary alicyclic amines) is 1. The number of H-pyrrole nitrogens is 1. The fourth-order valence-electron chi connectivity index (χ4n) is 3.46. The molecule has 136 valence electrons. The molecule has 0 aliphatic carbocycles. The average Bonchev–Trinajstić information content (AvgIpc) is 3.32. The average molecular weight is 351 g/mol. The number of hydrogen-bond donors (Lipinski definition) is 2. The molecular formula is C20H25N5O. The maximum absolute atomic E-state index is 5.81. The van der Waals surface area contributed by atoms with Crippen LogP contribution in [0.5, 0.6) is 0 Å². The number of hydrogen-bond acceptors (Lipinski definition) is 5. The van der Waals surface area contributed by atoms with Crippen LogP contribution in [0.1, 0.15) is 12.0 Å². The van der Waals surface area contributed by atoms with Gasteiger partial charge in [-0.25, -0.2) is 4.98 Å². The molecule has 3 aromatic rings. The summed E-state index contributed by atoms with van der Waals surface area (Å²) in [6.45, 7) is 4.68. The smallest absolute Gasteiger partial charge is 0.137 e. The van der Waals surface area contributed by atoms with Gasteiger partial charge >= 0.3 is 0 Å². The minimum absolute atomic E-state index is 0.423. The van der Waals surface area contributed by atoms with Gasteiger partial charge in [-0.2, -0.15) is 5.10 Å². The van der Waals surface area contributed by atoms with Crippen molar-refractivity contribution in [2.75, 3.05) is 38.2 Å². The van der Waals surface area contributed by atoms with Crippen LogP contribution in [0.15, 0.2) is 48.8 Å². The highest BCUT2D eigenvalue weighted by Crippen LogP contribution is 2.21. The topological polar surface area (TPSA) is 66.1 Å². The van der Waals surface area contributed by atoms with Crippen LogP contribution in [-0.4, -0.2) is 59.0 Å². The molecule has 1 saturated heterocycles. The molecule has 1 aliphatic rings. The van der Waals surface area contributed by atoms with E-state index in [1.807, 2.05) is 24.5 Å². The summed E-state index contributed by atoms with van der Waals surface area (Å²) in [5.74, 6) is 0.919. The Balaban J connectivity index is 1.18. The zero-order chi connectivity index (χ0) is 17.6. The molecule has 4 rings (SSSR count). The van der Waals surface area contributed by atoms with Gasteiger partial charge in [0, 0.05) is 31.9 Å². The first-order valence-electron chi connectivity index (χ1n) is 9.27. The van der Waals surface area contributed by atoms with Crippen LogP contribution in [0.3, 0.4) is 0 Å². The van der Waals surface area contributed by atoms with E-state index < -0.39 is 0 Å². The Bertz CT molecular complexity index is 819. The summed E-state index contributed by atoms with van der Waals surface area (Å²) in [5.41, 5.74) is 2.35. The van der Waals surface area contributed by atoms with Crippen molar-refractivity contribution in [1.29, 1.82) is 0 Å². The Morgan fingerprint density at radius 3 is 3.04 bits per heavy atom. The number of aromatic amines is 1. The lowest BCUT2D eigenvalue weighted by Gasteiger charge is -2.17. The minimum Gasteiger partial charge on any atom is -0.380 e. The monoisotopic (exact) mass is 351 g/mol. The lowest BCUT2D eigenvalue weighted by molar-refractivity contribution is 0.113. The van der Waals surface area contributed by atoms with Crippen molar-refractivity contribution in [3.05, 3.63) is 54.4 Å². The highest BCUT2D eigenvalue weighted by Gasteiger charge is 2.22. The number of aromatic nitrogens is 3. The predicted molar refractivity (Wildman–Crippen MR) is 103 cm³/mol. The number of fused-ring (bicyclic) bond motifs is 1. The van der Waals surface area contributed by atoms with Gasteiger partial charge in [0.25, 0.3) is 0 Å². The molecule has 3 heterocycles. The first-order chi connectivity index (χ1) is 12.9. The van der Waals surface area contributed by atoms with Crippen LogP contribution < -0.4 is 5.32 Å². The number of pyridine rings is 1. The molecule has 1 atom stereocenters. The molecule has 6 heteroatoms. The third kappa shape index (κ3) is 4.20. The van der Waals surface area contributed by atoms with E-state index in [2.05, 4.69) is 49.7 Å². The van der Waals surface area contributed by atoms with Gasteiger partial charge in [-0.05, 0) is 24.5 Å². The number of anilines is 1. The molecule has 0 amide bonds. The van der Waals surface area contributed by atoms with E-state index in [-0.39, 0.29) is 0 Å². The lowest BCUT2D eigenvalue weighted by atomic mass is 10.2. The summed E-state index contributed by atoms with van der Waals surface area (Å²) in [7, 11) is 0. The first kappa shape index (κ1) is 17.0. The van der Waals surface area contributed by atoms with Crippen molar-refractivity contribution in [2.24, 2.45) is 0 Å². The summed E-state index contributed by atoms with van der Waals surface area (Å²) in [6, 6.07) is 12.9. The number of rotatable bonds is 8. The van der Waals surface area contributed by atoms with Gasteiger partial charge in [-0.3, -0.25) is 10.00 Å². The fourth-order valence-corrected chi connectivity index (χ4v) is 3.46. The Morgan fingerprint density at radius 2 is 2.12 bits per heavy atom. The van der Waals surface area contributed by atoms with Crippen LogP contribution in [-0.2, 0) is 11.2 Å². The van der Waals surface area contributed by atoms with Crippen LogP contribution >= 0.6 is 0 Å². The molecule has 0 spiro atoms. The number of benzene rings is 1. The van der Waals surface area contributed by atoms with Crippen molar-refractivity contribution in [3.63, 3.8) is 0 Å². The van der Waals surface area contributed by atoms with Gasteiger partial charge < -0.3 is 10.1 Å². The third-order valence-corrected chi connectivity index (χ3v) is 4.91. The van der Waals surface area contributed by atoms with Gasteiger partial charge in [0.15, 0.2) is 0 Å². The number of nitrogens with zero attached hydrogens (tertiary/aromatic N) is 3. The van der Waals surface area contributed by atoms with E-state index in [0.29, 0.717) is 6.04 Å². The van der Waals surface area contributed by atoms with E-state index >= 15 is 0 Å². The van der Waals surface area contributed by atoms with Crippen molar-refractivity contribution >= 4 is 16.7 Å². The molecule has 0 radical (unpaired) electrons. The molecule has 0 bridgehead atoms. The van der Waals surface area contributed by atoms with Crippen molar-refractivity contribution < 1.29 is 4.74 Å². The van der Waals surface area contributed by atoms with Crippen molar-refractivity contribution in [3.8, 4) is 0 Å². The number of ether oxygens (including phenoxy) is 1. The van der Waals surface area contributed by atoms with Gasteiger partial charge in [-0.1, -0.05) is 30.3 Å². The molecular weight excluding hydrogens is 326 g/mol. The molecule has 2 N–H and O–H groups in total. The van der Waals surface area contributed by atoms with E-state index in [1.165, 1.54) is 5.56 Å². The van der Waals surface area contributed by atoms with Gasteiger partial charge in [0.2, 0.25) is 0 Å². The standard InChI is InChI=1S/C20H25N5O/c1-2-4-16(5-3-1)8-12-26-13-11-25-10-7-17(15-25)23-20-18-14-22-24-19(18)6-9-21-20/h1-6,9,14,17H,7-8,10-13,15H2,(H,21,23)(H,22,24). The number of nitrogens with one attached hydrogen (secondary N) is 2. The molecule has 26 heavy (non-hydrogen) atoms. The fraction of sp³-hybridized carbons (Fsp3) is 0.400. The molecule has 1 aliphatic heterocycles. The quantitative estimate of drug-likeness (QED) is 0.611. The third-order valence-electron chi connectivity index (χ3n) is 4.91. The summed E-state index contributed by atoms with van der Waals surface area (Å²) in [5, 5.41) is 11.7. The Morgan fingerprint density at radius 1 is 1.19 bits per heavy atom. The maximum atomic E-state index is 5.81. The summed E-state index contributed by atoms with van der Waals surface area (Å²) in [6.07, 6.45) is 5.75. The van der Waals surface area contributed by atoms with Crippen LogP contribution in [0, 0.1) is 0 Å². The Kier molecular flexibility index (Phi) is 5.42. The van der Waals surface area contributed by atoms with Crippen molar-refractivity contribution in [1.82, 2.24) is 20.1 Å². The highest BCUT2D eigenvalue weighted by molar-refractivity contribution is 5.88. The SMILES string of the molecule is c1ccc(CCOCCN2CCC(Nc3nccc4[nH]ncc34)C2)cc1. The van der Waals surface area contributed by atoms with Gasteiger partial charge in [0.05, 0.1) is 30.3 Å². The molecule has 6 nitrogen and oxygen atoms in total. The molecule has 0 saturated carbocycles. The molecule has 1 fully saturated rings. The summed E-state index contributed by atoms with van der Waals surface area (Å²) >= 11 is 0. The van der Waals surface area contributed by atoms with E-state index in [9.17, 15) is 0 Å². The lowest BCUT2D eigenvalue weighted by Crippen LogP contribution is -2.29. The normalized spacial score (nSPS) is 17.8. The van der Waals surface area contributed by atoms with Crippen LogP contribution in [0.25, 0.3) is 10.9 Å². The predicted octanol–water partition coefficient (Wildman–Crippen LogP) is 2.70. The first-order valence-corrected chi connectivity index (χ1v) is 9.27. The zero-order valence-electron chi connectivity index (χ0n) is 14.9. The Hall–Kier alpha value is -2.44. The van der Waals surface area contributed by atoms with Gasteiger partial charge in [0.1, 0.15) is 5.82 Å². The second-order valence-corrected chi connectivity index (χ2v) is 6.77. The molecule has 1 unspecified atom stereocenters. The summed E-state index contributed by atoms with van der Waals surface area (Å²) < 4.78 is 5.81.